The SMILES string of the molecule is C[C@@H](O)CNC1CCCCCC1O. The monoisotopic (exact) mass is 187 g/mol. The molecular weight excluding hydrogens is 166 g/mol. The Hall–Kier alpha value is -0.120. The van der Waals surface area contributed by atoms with Crippen molar-refractivity contribution < 1.29 is 10.2 Å². The van der Waals surface area contributed by atoms with Gasteiger partial charge in [-0.05, 0) is 19.8 Å². The zero-order valence-corrected chi connectivity index (χ0v) is 8.37. The Labute approximate surface area is 80.2 Å². The summed E-state index contributed by atoms with van der Waals surface area (Å²) in [4.78, 5) is 0. The van der Waals surface area contributed by atoms with Crippen molar-refractivity contribution in [3.8, 4) is 0 Å². The quantitative estimate of drug-likeness (QED) is 0.569. The van der Waals surface area contributed by atoms with Crippen molar-refractivity contribution in [2.75, 3.05) is 6.54 Å². The highest BCUT2D eigenvalue weighted by atomic mass is 16.3. The Kier molecular flexibility index (Phi) is 4.70. The van der Waals surface area contributed by atoms with Gasteiger partial charge in [-0.1, -0.05) is 19.3 Å². The van der Waals surface area contributed by atoms with Gasteiger partial charge in [0.25, 0.3) is 0 Å². The molecule has 78 valence electrons. The Morgan fingerprint density at radius 2 is 2.00 bits per heavy atom. The van der Waals surface area contributed by atoms with Gasteiger partial charge in [-0.15, -0.1) is 0 Å². The first-order valence-electron chi connectivity index (χ1n) is 5.29. The first-order valence-corrected chi connectivity index (χ1v) is 5.29. The second-order valence-corrected chi connectivity index (χ2v) is 4.07. The molecule has 13 heavy (non-hydrogen) atoms. The van der Waals surface area contributed by atoms with E-state index in [9.17, 15) is 5.11 Å². The topological polar surface area (TPSA) is 52.5 Å². The molecule has 0 saturated heterocycles. The predicted octanol–water partition coefficient (Wildman–Crippen LogP) is 0.650. The highest BCUT2D eigenvalue weighted by Gasteiger charge is 2.20. The second kappa shape index (κ2) is 5.58. The zero-order chi connectivity index (χ0) is 9.68. The maximum absolute atomic E-state index is 9.72. The van der Waals surface area contributed by atoms with Crippen LogP contribution in [0.4, 0.5) is 0 Å². The minimum absolute atomic E-state index is 0.192. The third-order valence-corrected chi connectivity index (χ3v) is 2.65. The molecule has 3 atom stereocenters. The fraction of sp³-hybridized carbons (Fsp3) is 1.00. The molecule has 1 aliphatic rings. The molecule has 0 radical (unpaired) electrons. The van der Waals surface area contributed by atoms with Crippen molar-refractivity contribution >= 4 is 0 Å². The van der Waals surface area contributed by atoms with E-state index in [0.717, 1.165) is 19.3 Å². The van der Waals surface area contributed by atoms with E-state index < -0.39 is 0 Å². The van der Waals surface area contributed by atoms with Gasteiger partial charge in [0.15, 0.2) is 0 Å². The molecule has 2 unspecified atom stereocenters. The summed E-state index contributed by atoms with van der Waals surface area (Å²) >= 11 is 0. The highest BCUT2D eigenvalue weighted by Crippen LogP contribution is 2.17. The van der Waals surface area contributed by atoms with Crippen molar-refractivity contribution in [1.29, 1.82) is 0 Å². The smallest absolute Gasteiger partial charge is 0.0693 e. The van der Waals surface area contributed by atoms with Crippen LogP contribution < -0.4 is 5.32 Å². The van der Waals surface area contributed by atoms with Gasteiger partial charge in [0.2, 0.25) is 0 Å². The average molecular weight is 187 g/mol. The molecule has 3 nitrogen and oxygen atoms in total. The highest BCUT2D eigenvalue weighted by molar-refractivity contribution is 4.79. The first kappa shape index (κ1) is 11.0. The van der Waals surface area contributed by atoms with Crippen LogP contribution in [0.2, 0.25) is 0 Å². The number of nitrogens with one attached hydrogen (secondary N) is 1. The first-order chi connectivity index (χ1) is 6.20. The van der Waals surface area contributed by atoms with Crippen molar-refractivity contribution in [1.82, 2.24) is 5.32 Å². The molecule has 1 rings (SSSR count). The van der Waals surface area contributed by atoms with Crippen molar-refractivity contribution in [3.63, 3.8) is 0 Å². The largest absolute Gasteiger partial charge is 0.392 e. The lowest BCUT2D eigenvalue weighted by Crippen LogP contribution is -2.42. The van der Waals surface area contributed by atoms with Crippen molar-refractivity contribution in [2.45, 2.75) is 57.3 Å². The number of aliphatic hydroxyl groups excluding tert-OH is 2. The lowest BCUT2D eigenvalue weighted by Gasteiger charge is -2.22. The molecule has 0 aromatic heterocycles. The van der Waals surface area contributed by atoms with Crippen LogP contribution in [-0.2, 0) is 0 Å². The van der Waals surface area contributed by atoms with Gasteiger partial charge in [0, 0.05) is 12.6 Å². The molecule has 0 aromatic carbocycles. The number of hydrogen-bond donors (Lipinski definition) is 3. The van der Waals surface area contributed by atoms with Crippen molar-refractivity contribution in [3.05, 3.63) is 0 Å². The van der Waals surface area contributed by atoms with Gasteiger partial charge in [0.05, 0.1) is 12.2 Å². The third-order valence-electron chi connectivity index (χ3n) is 2.65. The van der Waals surface area contributed by atoms with Gasteiger partial charge >= 0.3 is 0 Å². The molecule has 1 aliphatic carbocycles. The molecule has 0 heterocycles. The summed E-state index contributed by atoms with van der Waals surface area (Å²) in [6.07, 6.45) is 4.94. The molecule has 3 heteroatoms. The lowest BCUT2D eigenvalue weighted by molar-refractivity contribution is 0.108. The minimum atomic E-state index is -0.324. The van der Waals surface area contributed by atoms with E-state index in [1.165, 1.54) is 12.8 Å². The van der Waals surface area contributed by atoms with Gasteiger partial charge in [0.1, 0.15) is 0 Å². The predicted molar refractivity (Wildman–Crippen MR) is 52.6 cm³/mol. The molecule has 0 amide bonds. The second-order valence-electron chi connectivity index (χ2n) is 4.07. The van der Waals surface area contributed by atoms with Gasteiger partial charge in [-0.25, -0.2) is 0 Å². The van der Waals surface area contributed by atoms with Crippen LogP contribution in [0.5, 0.6) is 0 Å². The average Bonchev–Trinajstić information content (AvgIpc) is 2.27. The van der Waals surface area contributed by atoms with E-state index in [1.54, 1.807) is 6.92 Å². The van der Waals surface area contributed by atoms with Crippen molar-refractivity contribution in [2.24, 2.45) is 0 Å². The van der Waals surface area contributed by atoms with Gasteiger partial charge in [-0.2, -0.15) is 0 Å². The Bertz CT molecular complexity index is 139. The summed E-state index contributed by atoms with van der Waals surface area (Å²) in [6, 6.07) is 0.192. The molecule has 0 spiro atoms. The van der Waals surface area contributed by atoms with Crippen LogP contribution in [0, 0.1) is 0 Å². The van der Waals surface area contributed by atoms with Crippen LogP contribution in [0.15, 0.2) is 0 Å². The van der Waals surface area contributed by atoms with Crippen LogP contribution in [0.25, 0.3) is 0 Å². The normalized spacial score (nSPS) is 32.5. The molecule has 0 aromatic rings. The molecular formula is C10H21NO2. The summed E-state index contributed by atoms with van der Waals surface area (Å²) in [5.74, 6) is 0. The molecule has 0 aliphatic heterocycles. The van der Waals surface area contributed by atoms with Crippen LogP contribution in [0.3, 0.4) is 0 Å². The van der Waals surface area contributed by atoms with Crippen LogP contribution in [0.1, 0.15) is 39.0 Å². The van der Waals surface area contributed by atoms with E-state index >= 15 is 0 Å². The number of hydrogen-bond acceptors (Lipinski definition) is 3. The Morgan fingerprint density at radius 1 is 1.31 bits per heavy atom. The summed E-state index contributed by atoms with van der Waals surface area (Å²) in [6.45, 7) is 2.35. The lowest BCUT2D eigenvalue weighted by atomic mass is 10.1. The minimum Gasteiger partial charge on any atom is -0.392 e. The molecule has 1 fully saturated rings. The molecule has 0 bridgehead atoms. The van der Waals surface area contributed by atoms with Gasteiger partial charge < -0.3 is 15.5 Å². The fourth-order valence-corrected chi connectivity index (χ4v) is 1.85. The van der Waals surface area contributed by atoms with E-state index in [-0.39, 0.29) is 18.2 Å². The van der Waals surface area contributed by atoms with Gasteiger partial charge in [-0.3, -0.25) is 0 Å². The summed E-state index contributed by atoms with van der Waals surface area (Å²) in [5, 5.41) is 22.0. The summed E-state index contributed by atoms with van der Waals surface area (Å²) in [7, 11) is 0. The van der Waals surface area contributed by atoms with E-state index in [2.05, 4.69) is 5.32 Å². The number of rotatable bonds is 3. The van der Waals surface area contributed by atoms with Crippen LogP contribution in [-0.4, -0.2) is 35.0 Å². The van der Waals surface area contributed by atoms with Crippen LogP contribution >= 0.6 is 0 Å². The van der Waals surface area contributed by atoms with E-state index in [1.807, 2.05) is 0 Å². The zero-order valence-electron chi connectivity index (χ0n) is 8.37. The maximum atomic E-state index is 9.72. The fourth-order valence-electron chi connectivity index (χ4n) is 1.85. The van der Waals surface area contributed by atoms with E-state index in [4.69, 9.17) is 5.11 Å². The van der Waals surface area contributed by atoms with E-state index in [0.29, 0.717) is 6.54 Å². The Morgan fingerprint density at radius 3 is 2.69 bits per heavy atom. The molecule has 1 saturated carbocycles. The third kappa shape index (κ3) is 4.07. The maximum Gasteiger partial charge on any atom is 0.0693 e. The summed E-state index contributed by atoms with van der Waals surface area (Å²) in [5.41, 5.74) is 0. The summed E-state index contributed by atoms with van der Waals surface area (Å²) < 4.78 is 0. The standard InChI is InChI=1S/C10H21NO2/c1-8(12)7-11-9-5-3-2-4-6-10(9)13/h8-13H,2-7H2,1H3/t8-,9?,10?/m1/s1. The Balaban J connectivity index is 2.27. The number of aliphatic hydroxyl groups is 2. The molecule has 3 N–H and O–H groups in total.